The first-order valence-corrected chi connectivity index (χ1v) is 8.21. The van der Waals surface area contributed by atoms with Gasteiger partial charge in [0, 0.05) is 4.47 Å². The number of benzene rings is 2. The summed E-state index contributed by atoms with van der Waals surface area (Å²) >= 11 is 3.33. The molecule has 0 N–H and O–H groups in total. The van der Waals surface area contributed by atoms with Gasteiger partial charge in [-0.2, -0.15) is 0 Å². The zero-order chi connectivity index (χ0) is 17.7. The summed E-state index contributed by atoms with van der Waals surface area (Å²) in [4.78, 5) is 16.0. The quantitative estimate of drug-likeness (QED) is 0.511. The Morgan fingerprint density at radius 2 is 1.83 bits per heavy atom. The molecule has 2 aromatic carbocycles. The Morgan fingerprint density at radius 3 is 2.42 bits per heavy atom. The zero-order valence-corrected chi connectivity index (χ0v) is 15.4. The molecule has 0 aromatic heterocycles. The van der Waals surface area contributed by atoms with Gasteiger partial charge in [-0.05, 0) is 32.4 Å². The van der Waals surface area contributed by atoms with Crippen molar-refractivity contribution in [1.29, 1.82) is 0 Å². The smallest absolute Gasteiger partial charge is 0.342 e. The summed E-state index contributed by atoms with van der Waals surface area (Å²) < 4.78 is 11.6. The van der Waals surface area contributed by atoms with E-state index in [1.807, 2.05) is 30.3 Å². The van der Waals surface area contributed by atoms with Crippen molar-refractivity contribution in [1.82, 2.24) is 0 Å². The van der Waals surface area contributed by atoms with Crippen LogP contribution >= 0.6 is 15.9 Å². The van der Waals surface area contributed by atoms with Crippen molar-refractivity contribution in [2.75, 3.05) is 0 Å². The van der Waals surface area contributed by atoms with Crippen molar-refractivity contribution < 1.29 is 14.3 Å². The van der Waals surface area contributed by atoms with Crippen LogP contribution in [0.25, 0.3) is 4.85 Å². The van der Waals surface area contributed by atoms with Gasteiger partial charge in [0.1, 0.15) is 23.5 Å². The van der Waals surface area contributed by atoms with Crippen LogP contribution in [-0.2, 0) is 11.3 Å². The molecule has 0 heterocycles. The van der Waals surface area contributed by atoms with Crippen LogP contribution in [0, 0.1) is 6.57 Å². The highest BCUT2D eigenvalue weighted by Crippen LogP contribution is 2.37. The highest BCUT2D eigenvalue weighted by molar-refractivity contribution is 9.10. The molecule has 0 spiro atoms. The molecule has 0 saturated heterocycles. The first-order chi connectivity index (χ1) is 11.3. The molecule has 0 fully saturated rings. The molecule has 124 valence electrons. The second-order valence-corrected chi connectivity index (χ2v) is 6.95. The second kappa shape index (κ2) is 7.50. The fourth-order valence-corrected chi connectivity index (χ4v) is 2.59. The number of hydrogen-bond acceptors (Lipinski definition) is 3. The number of nitrogens with zero attached hydrogens (tertiary/aromatic N) is 1. The fourth-order valence-electron chi connectivity index (χ4n) is 2.01. The van der Waals surface area contributed by atoms with Crippen LogP contribution in [0.1, 0.15) is 36.7 Å². The second-order valence-electron chi connectivity index (χ2n) is 6.16. The maximum absolute atomic E-state index is 12.5. The van der Waals surface area contributed by atoms with Gasteiger partial charge in [-0.1, -0.05) is 52.3 Å². The highest BCUT2D eigenvalue weighted by Gasteiger charge is 2.25. The minimum Gasteiger partial charge on any atom is -0.488 e. The Labute approximate surface area is 150 Å². The molecule has 0 bridgehead atoms. The van der Waals surface area contributed by atoms with E-state index in [1.54, 1.807) is 32.9 Å². The molecule has 0 aliphatic rings. The predicted molar refractivity (Wildman–Crippen MR) is 96.3 cm³/mol. The molecule has 2 aromatic rings. The molecule has 0 aliphatic carbocycles. The van der Waals surface area contributed by atoms with Gasteiger partial charge in [-0.25, -0.2) is 9.64 Å². The molecular weight excluding hydrogens is 370 g/mol. The Hall–Kier alpha value is -2.32. The maximum atomic E-state index is 12.5. The van der Waals surface area contributed by atoms with E-state index >= 15 is 0 Å². The van der Waals surface area contributed by atoms with Gasteiger partial charge in [0.2, 0.25) is 5.69 Å². The normalized spacial score (nSPS) is 10.8. The van der Waals surface area contributed by atoms with E-state index in [0.29, 0.717) is 22.5 Å². The molecule has 2 rings (SSSR count). The van der Waals surface area contributed by atoms with E-state index in [4.69, 9.17) is 16.0 Å². The Bertz CT molecular complexity index is 774. The van der Waals surface area contributed by atoms with E-state index in [9.17, 15) is 4.79 Å². The molecule has 0 unspecified atom stereocenters. The van der Waals surface area contributed by atoms with Crippen LogP contribution in [0.4, 0.5) is 5.69 Å². The third-order valence-electron chi connectivity index (χ3n) is 3.04. The number of carbonyl (C=O) groups excluding carboxylic acids is 1. The fraction of sp³-hybridized carbons (Fsp3) is 0.263. The van der Waals surface area contributed by atoms with Gasteiger partial charge in [0.05, 0.1) is 6.57 Å². The van der Waals surface area contributed by atoms with Gasteiger partial charge < -0.3 is 9.47 Å². The highest BCUT2D eigenvalue weighted by atomic mass is 79.9. The monoisotopic (exact) mass is 387 g/mol. The number of carbonyl (C=O) groups is 1. The van der Waals surface area contributed by atoms with E-state index in [2.05, 4.69) is 20.8 Å². The average molecular weight is 388 g/mol. The Morgan fingerprint density at radius 1 is 1.17 bits per heavy atom. The average Bonchev–Trinajstić information content (AvgIpc) is 2.52. The largest absolute Gasteiger partial charge is 0.488 e. The lowest BCUT2D eigenvalue weighted by atomic mass is 10.1. The number of ether oxygens (including phenoxy) is 2. The SMILES string of the molecule is [C-]#[N+]c1ccc(OCc2ccccc2)c(C(=O)OC(C)(C)C)c1Br. The summed E-state index contributed by atoms with van der Waals surface area (Å²) in [5, 5.41) is 0. The lowest BCUT2D eigenvalue weighted by Crippen LogP contribution is -2.24. The summed E-state index contributed by atoms with van der Waals surface area (Å²) in [7, 11) is 0. The summed E-state index contributed by atoms with van der Waals surface area (Å²) in [5.41, 5.74) is 0.914. The third-order valence-corrected chi connectivity index (χ3v) is 3.85. The van der Waals surface area contributed by atoms with E-state index in [-0.39, 0.29) is 5.56 Å². The summed E-state index contributed by atoms with van der Waals surface area (Å²) in [5.74, 6) is -0.143. The lowest BCUT2D eigenvalue weighted by molar-refractivity contribution is 0.00644. The van der Waals surface area contributed by atoms with Crippen LogP contribution in [0.5, 0.6) is 5.75 Å². The molecule has 5 heteroatoms. The Kier molecular flexibility index (Phi) is 5.63. The van der Waals surface area contributed by atoms with Crippen LogP contribution < -0.4 is 4.74 Å². The Balaban J connectivity index is 2.35. The molecule has 0 saturated carbocycles. The number of halogens is 1. The van der Waals surface area contributed by atoms with Crippen molar-refractivity contribution in [3.05, 3.63) is 69.5 Å². The van der Waals surface area contributed by atoms with Gasteiger partial charge in [-0.3, -0.25) is 0 Å². The maximum Gasteiger partial charge on any atom is 0.342 e. The zero-order valence-electron chi connectivity index (χ0n) is 13.8. The number of esters is 1. The van der Waals surface area contributed by atoms with Gasteiger partial charge >= 0.3 is 5.97 Å². The van der Waals surface area contributed by atoms with Crippen molar-refractivity contribution in [2.45, 2.75) is 33.0 Å². The van der Waals surface area contributed by atoms with Crippen LogP contribution in [0.15, 0.2) is 46.9 Å². The van der Waals surface area contributed by atoms with E-state index in [0.717, 1.165) is 5.56 Å². The molecule has 0 amide bonds. The van der Waals surface area contributed by atoms with Crippen molar-refractivity contribution in [2.24, 2.45) is 0 Å². The summed E-state index contributed by atoms with van der Waals surface area (Å²) in [6.07, 6.45) is 0. The molecule has 0 aliphatic heterocycles. The summed E-state index contributed by atoms with van der Waals surface area (Å²) in [6, 6.07) is 12.9. The lowest BCUT2D eigenvalue weighted by Gasteiger charge is -2.21. The van der Waals surface area contributed by atoms with Crippen LogP contribution in [0.2, 0.25) is 0 Å². The first kappa shape index (κ1) is 18.0. The van der Waals surface area contributed by atoms with Gasteiger partial charge in [-0.15, -0.1) is 0 Å². The predicted octanol–water partition coefficient (Wildman–Crippen LogP) is 5.53. The van der Waals surface area contributed by atoms with Crippen LogP contribution in [-0.4, -0.2) is 11.6 Å². The first-order valence-electron chi connectivity index (χ1n) is 7.42. The number of hydrogen-bond donors (Lipinski definition) is 0. The molecule has 4 nitrogen and oxygen atoms in total. The minimum atomic E-state index is -0.638. The third kappa shape index (κ3) is 4.59. The molecule has 24 heavy (non-hydrogen) atoms. The van der Waals surface area contributed by atoms with Crippen molar-refractivity contribution in [3.63, 3.8) is 0 Å². The van der Waals surface area contributed by atoms with Crippen molar-refractivity contribution in [3.8, 4) is 5.75 Å². The molecule has 0 radical (unpaired) electrons. The van der Waals surface area contributed by atoms with Gasteiger partial charge in [0.25, 0.3) is 0 Å². The van der Waals surface area contributed by atoms with E-state index in [1.165, 1.54) is 0 Å². The topological polar surface area (TPSA) is 39.9 Å². The van der Waals surface area contributed by atoms with Crippen molar-refractivity contribution >= 4 is 27.6 Å². The minimum absolute atomic E-state index is 0.231. The van der Waals surface area contributed by atoms with Crippen LogP contribution in [0.3, 0.4) is 0 Å². The summed E-state index contributed by atoms with van der Waals surface area (Å²) in [6.45, 7) is 12.9. The molecular formula is C19H18BrNO3. The van der Waals surface area contributed by atoms with E-state index < -0.39 is 11.6 Å². The van der Waals surface area contributed by atoms with Gasteiger partial charge in [0.15, 0.2) is 0 Å². The standard InChI is InChI=1S/C19H18BrNO3/c1-19(2,3)24-18(22)16-15(11-10-14(21-4)17(16)20)23-12-13-8-6-5-7-9-13/h5-11H,12H2,1-3H3. The number of rotatable bonds is 4. The molecule has 0 atom stereocenters.